The summed E-state index contributed by atoms with van der Waals surface area (Å²) in [6.07, 6.45) is 1.19. The molecule has 2 nitrogen and oxygen atoms in total. The standard InChI is InChI=1S/C18H30N2S/c1-5-19-17(16-8-6-15(2)7-9-16)10-11-20-12-13-21-18(3,4)14-20/h6-9,17,19H,5,10-14H2,1-4H3. The molecule has 0 amide bonds. The maximum absolute atomic E-state index is 3.65. The molecule has 1 aliphatic rings. The van der Waals surface area contributed by atoms with Gasteiger partial charge in [0.05, 0.1) is 0 Å². The minimum atomic E-state index is 0.412. The first-order valence-electron chi connectivity index (χ1n) is 8.16. The predicted molar refractivity (Wildman–Crippen MR) is 95.2 cm³/mol. The first kappa shape index (κ1) is 16.9. The summed E-state index contributed by atoms with van der Waals surface area (Å²) in [7, 11) is 0. The van der Waals surface area contributed by atoms with Gasteiger partial charge in [-0.3, -0.25) is 0 Å². The number of rotatable bonds is 6. The molecule has 0 spiro atoms. The second-order valence-corrected chi connectivity index (χ2v) is 8.50. The number of hydrogen-bond donors (Lipinski definition) is 1. The number of hydrogen-bond acceptors (Lipinski definition) is 3. The van der Waals surface area contributed by atoms with Crippen LogP contribution in [0.3, 0.4) is 0 Å². The summed E-state index contributed by atoms with van der Waals surface area (Å²) in [5.41, 5.74) is 2.76. The molecule has 1 N–H and O–H groups in total. The smallest absolute Gasteiger partial charge is 0.0332 e. The van der Waals surface area contributed by atoms with E-state index in [1.165, 1.54) is 42.9 Å². The molecule has 1 fully saturated rings. The van der Waals surface area contributed by atoms with Gasteiger partial charge in [-0.25, -0.2) is 0 Å². The number of aryl methyl sites for hydroxylation is 1. The van der Waals surface area contributed by atoms with E-state index in [0.717, 1.165) is 6.54 Å². The molecule has 3 heteroatoms. The number of thioether (sulfide) groups is 1. The fourth-order valence-electron chi connectivity index (χ4n) is 3.05. The van der Waals surface area contributed by atoms with E-state index in [0.29, 0.717) is 10.8 Å². The van der Waals surface area contributed by atoms with Crippen LogP contribution in [0.2, 0.25) is 0 Å². The van der Waals surface area contributed by atoms with E-state index in [4.69, 9.17) is 0 Å². The molecule has 2 rings (SSSR count). The monoisotopic (exact) mass is 306 g/mol. The van der Waals surface area contributed by atoms with Crippen LogP contribution in [-0.4, -0.2) is 41.6 Å². The summed E-state index contributed by atoms with van der Waals surface area (Å²) in [5.74, 6) is 1.27. The van der Waals surface area contributed by atoms with Gasteiger partial charge in [-0.15, -0.1) is 0 Å². The SMILES string of the molecule is CCNC(CCN1CCSC(C)(C)C1)c1ccc(C)cc1. The summed E-state index contributed by atoms with van der Waals surface area (Å²) in [5, 5.41) is 3.65. The van der Waals surface area contributed by atoms with Crippen molar-refractivity contribution in [2.24, 2.45) is 0 Å². The first-order valence-corrected chi connectivity index (χ1v) is 9.15. The highest BCUT2D eigenvalue weighted by molar-refractivity contribution is 8.00. The average Bonchev–Trinajstić information content (AvgIpc) is 2.43. The van der Waals surface area contributed by atoms with Crippen LogP contribution in [0.4, 0.5) is 0 Å². The van der Waals surface area contributed by atoms with Crippen molar-refractivity contribution in [3.8, 4) is 0 Å². The van der Waals surface area contributed by atoms with Crippen molar-refractivity contribution in [1.82, 2.24) is 10.2 Å². The molecular weight excluding hydrogens is 276 g/mol. The van der Waals surface area contributed by atoms with Crippen LogP contribution in [0.5, 0.6) is 0 Å². The van der Waals surface area contributed by atoms with E-state index in [9.17, 15) is 0 Å². The van der Waals surface area contributed by atoms with Crippen molar-refractivity contribution in [1.29, 1.82) is 0 Å². The largest absolute Gasteiger partial charge is 0.310 e. The predicted octanol–water partition coefficient (Wildman–Crippen LogP) is 3.86. The normalized spacial score (nSPS) is 20.4. The van der Waals surface area contributed by atoms with Crippen LogP contribution in [0.25, 0.3) is 0 Å². The van der Waals surface area contributed by atoms with E-state index in [2.05, 4.69) is 73.9 Å². The van der Waals surface area contributed by atoms with Gasteiger partial charge in [0.25, 0.3) is 0 Å². The summed E-state index contributed by atoms with van der Waals surface area (Å²) in [4.78, 5) is 2.63. The van der Waals surface area contributed by atoms with Crippen LogP contribution in [-0.2, 0) is 0 Å². The fourth-order valence-corrected chi connectivity index (χ4v) is 4.22. The first-order chi connectivity index (χ1) is 10.00. The molecule has 0 aromatic heterocycles. The summed E-state index contributed by atoms with van der Waals surface area (Å²) in [6.45, 7) is 13.7. The molecule has 0 aliphatic carbocycles. The highest BCUT2D eigenvalue weighted by Gasteiger charge is 2.27. The Morgan fingerprint density at radius 2 is 2.00 bits per heavy atom. The molecule has 1 aliphatic heterocycles. The zero-order chi connectivity index (χ0) is 15.3. The van der Waals surface area contributed by atoms with Gasteiger partial charge in [-0.05, 0) is 39.3 Å². The van der Waals surface area contributed by atoms with E-state index in [-0.39, 0.29) is 0 Å². The quantitative estimate of drug-likeness (QED) is 0.859. The maximum Gasteiger partial charge on any atom is 0.0332 e. The van der Waals surface area contributed by atoms with Crippen molar-refractivity contribution in [3.63, 3.8) is 0 Å². The van der Waals surface area contributed by atoms with Gasteiger partial charge in [0.1, 0.15) is 0 Å². The molecule has 21 heavy (non-hydrogen) atoms. The fraction of sp³-hybridized carbons (Fsp3) is 0.667. The minimum absolute atomic E-state index is 0.412. The van der Waals surface area contributed by atoms with Crippen LogP contribution in [0.15, 0.2) is 24.3 Å². The second-order valence-electron chi connectivity index (χ2n) is 6.69. The molecule has 1 aromatic rings. The highest BCUT2D eigenvalue weighted by Crippen LogP contribution is 2.30. The lowest BCUT2D eigenvalue weighted by molar-refractivity contribution is 0.245. The number of nitrogens with one attached hydrogen (secondary N) is 1. The molecule has 1 aromatic carbocycles. The van der Waals surface area contributed by atoms with Crippen LogP contribution in [0.1, 0.15) is 44.4 Å². The average molecular weight is 307 g/mol. The van der Waals surface area contributed by atoms with Crippen molar-refractivity contribution in [3.05, 3.63) is 35.4 Å². The molecule has 0 radical (unpaired) electrons. The molecule has 1 atom stereocenters. The summed E-state index contributed by atoms with van der Waals surface area (Å²) >= 11 is 2.11. The zero-order valence-electron chi connectivity index (χ0n) is 14.0. The molecule has 0 saturated carbocycles. The lowest BCUT2D eigenvalue weighted by Crippen LogP contribution is -2.44. The highest BCUT2D eigenvalue weighted by atomic mass is 32.2. The van der Waals surface area contributed by atoms with E-state index in [1.54, 1.807) is 0 Å². The van der Waals surface area contributed by atoms with Gasteiger partial charge < -0.3 is 10.2 Å². The van der Waals surface area contributed by atoms with Gasteiger partial charge in [0, 0.05) is 36.2 Å². The Morgan fingerprint density at radius 1 is 1.29 bits per heavy atom. The van der Waals surface area contributed by atoms with Crippen LogP contribution in [0, 0.1) is 6.92 Å². The Bertz CT molecular complexity index is 427. The second kappa shape index (κ2) is 7.66. The Kier molecular flexibility index (Phi) is 6.15. The molecule has 1 heterocycles. The molecule has 1 saturated heterocycles. The minimum Gasteiger partial charge on any atom is -0.310 e. The van der Waals surface area contributed by atoms with Gasteiger partial charge in [0.2, 0.25) is 0 Å². The van der Waals surface area contributed by atoms with E-state index < -0.39 is 0 Å². The third-order valence-corrected chi connectivity index (χ3v) is 5.47. The molecule has 118 valence electrons. The molecule has 1 unspecified atom stereocenters. The van der Waals surface area contributed by atoms with Crippen molar-refractivity contribution in [2.45, 2.75) is 44.9 Å². The van der Waals surface area contributed by atoms with Gasteiger partial charge in [-0.1, -0.05) is 36.8 Å². The van der Waals surface area contributed by atoms with Crippen molar-refractivity contribution >= 4 is 11.8 Å². The van der Waals surface area contributed by atoms with Gasteiger partial charge >= 0.3 is 0 Å². The van der Waals surface area contributed by atoms with E-state index in [1.807, 2.05) is 0 Å². The van der Waals surface area contributed by atoms with Gasteiger partial charge in [0.15, 0.2) is 0 Å². The summed E-state index contributed by atoms with van der Waals surface area (Å²) < 4.78 is 0.412. The Balaban J connectivity index is 1.92. The Hall–Kier alpha value is -0.510. The van der Waals surface area contributed by atoms with E-state index >= 15 is 0 Å². The maximum atomic E-state index is 3.65. The number of benzene rings is 1. The van der Waals surface area contributed by atoms with Crippen molar-refractivity contribution in [2.75, 3.05) is 31.9 Å². The van der Waals surface area contributed by atoms with Gasteiger partial charge in [-0.2, -0.15) is 11.8 Å². The molecule has 0 bridgehead atoms. The third-order valence-electron chi connectivity index (χ3n) is 4.17. The lowest BCUT2D eigenvalue weighted by Gasteiger charge is -2.38. The summed E-state index contributed by atoms with van der Waals surface area (Å²) in [6, 6.07) is 9.48. The van der Waals surface area contributed by atoms with Crippen LogP contribution < -0.4 is 5.32 Å². The Labute approximate surface area is 134 Å². The lowest BCUT2D eigenvalue weighted by atomic mass is 10.0. The molecular formula is C18H30N2S. The third kappa shape index (κ3) is 5.32. The topological polar surface area (TPSA) is 15.3 Å². The van der Waals surface area contributed by atoms with Crippen molar-refractivity contribution < 1.29 is 0 Å². The van der Waals surface area contributed by atoms with Crippen LogP contribution >= 0.6 is 11.8 Å². The Morgan fingerprint density at radius 3 is 2.62 bits per heavy atom. The number of nitrogens with zero attached hydrogens (tertiary/aromatic N) is 1. The zero-order valence-corrected chi connectivity index (χ0v) is 14.8.